The average molecular weight is 281 g/mol. The number of carbonyl (C=O) groups excluding carboxylic acids is 1. The number of amides is 1. The molecule has 2 aliphatic carbocycles. The van der Waals surface area contributed by atoms with Crippen LogP contribution in [0.15, 0.2) is 0 Å². The first-order chi connectivity index (χ1) is 9.39. The number of nitrogens with one attached hydrogen (secondary N) is 2. The van der Waals surface area contributed by atoms with E-state index < -0.39 is 0 Å². The van der Waals surface area contributed by atoms with Gasteiger partial charge in [-0.15, -0.1) is 0 Å². The van der Waals surface area contributed by atoms with Crippen LogP contribution >= 0.6 is 0 Å². The molecule has 0 saturated heterocycles. The van der Waals surface area contributed by atoms with Crippen molar-refractivity contribution >= 4 is 5.91 Å². The van der Waals surface area contributed by atoms with Crippen molar-refractivity contribution in [1.82, 2.24) is 10.6 Å². The van der Waals surface area contributed by atoms with Gasteiger partial charge < -0.3 is 16.4 Å². The molecule has 2 saturated carbocycles. The highest BCUT2D eigenvalue weighted by molar-refractivity contribution is 5.77. The van der Waals surface area contributed by atoms with Gasteiger partial charge in [-0.3, -0.25) is 4.79 Å². The van der Waals surface area contributed by atoms with Crippen molar-refractivity contribution in [2.45, 2.75) is 64.5 Å². The van der Waals surface area contributed by atoms with Crippen LogP contribution < -0.4 is 16.4 Å². The maximum atomic E-state index is 12.0. The zero-order valence-corrected chi connectivity index (χ0v) is 13.2. The summed E-state index contributed by atoms with van der Waals surface area (Å²) in [6, 6.07) is 0.109. The summed E-state index contributed by atoms with van der Waals surface area (Å²) in [5.41, 5.74) is 5.65. The van der Waals surface area contributed by atoms with Gasteiger partial charge >= 0.3 is 0 Å². The summed E-state index contributed by atoms with van der Waals surface area (Å²) in [6.07, 6.45) is 6.10. The quantitative estimate of drug-likeness (QED) is 0.633. The Labute approximate surface area is 123 Å². The molecule has 1 amide bonds. The second kappa shape index (κ2) is 6.44. The van der Waals surface area contributed by atoms with Gasteiger partial charge in [0.15, 0.2) is 0 Å². The zero-order valence-electron chi connectivity index (χ0n) is 13.2. The van der Waals surface area contributed by atoms with E-state index in [1.807, 2.05) is 20.8 Å². The van der Waals surface area contributed by atoms with E-state index in [1.165, 1.54) is 25.7 Å². The third-order valence-electron chi connectivity index (χ3n) is 4.33. The fraction of sp³-hybridized carbons (Fsp3) is 0.938. The molecule has 0 bridgehead atoms. The predicted molar refractivity (Wildman–Crippen MR) is 82.3 cm³/mol. The number of rotatable bonds is 8. The smallest absolute Gasteiger partial charge is 0.222 e. The Morgan fingerprint density at radius 3 is 2.15 bits per heavy atom. The van der Waals surface area contributed by atoms with Gasteiger partial charge in [-0.25, -0.2) is 0 Å². The first-order valence-corrected chi connectivity index (χ1v) is 8.13. The molecule has 2 aliphatic rings. The monoisotopic (exact) mass is 281 g/mol. The minimum absolute atomic E-state index is 0.0924. The molecular weight excluding hydrogens is 250 g/mol. The molecule has 0 aromatic heterocycles. The van der Waals surface area contributed by atoms with Crippen LogP contribution in [0, 0.1) is 17.8 Å². The lowest BCUT2D eigenvalue weighted by Gasteiger charge is -2.25. The van der Waals surface area contributed by atoms with E-state index in [1.54, 1.807) is 0 Å². The highest BCUT2D eigenvalue weighted by atomic mass is 16.1. The van der Waals surface area contributed by atoms with Crippen LogP contribution in [0.4, 0.5) is 0 Å². The molecule has 0 aliphatic heterocycles. The Morgan fingerprint density at radius 2 is 1.75 bits per heavy atom. The Morgan fingerprint density at radius 1 is 1.20 bits per heavy atom. The van der Waals surface area contributed by atoms with Gasteiger partial charge in [-0.1, -0.05) is 0 Å². The number of carbonyl (C=O) groups is 1. The second-order valence-corrected chi connectivity index (χ2v) is 7.68. The van der Waals surface area contributed by atoms with E-state index >= 15 is 0 Å². The van der Waals surface area contributed by atoms with Crippen molar-refractivity contribution in [2.75, 3.05) is 13.1 Å². The Hall–Kier alpha value is -0.610. The summed E-state index contributed by atoms with van der Waals surface area (Å²) < 4.78 is 0. The molecule has 0 heterocycles. The van der Waals surface area contributed by atoms with Gasteiger partial charge in [0.25, 0.3) is 0 Å². The molecular formula is C16H31N3O. The van der Waals surface area contributed by atoms with Crippen LogP contribution in [0.3, 0.4) is 0 Å². The molecule has 0 spiro atoms. The Kier molecular flexibility index (Phi) is 5.08. The van der Waals surface area contributed by atoms with Crippen LogP contribution in [0.25, 0.3) is 0 Å². The van der Waals surface area contributed by atoms with Crippen LogP contribution in [-0.2, 0) is 4.79 Å². The molecule has 116 valence electrons. The summed E-state index contributed by atoms with van der Waals surface area (Å²) in [6.45, 7) is 7.59. The molecule has 0 aromatic rings. The molecule has 0 aromatic carbocycles. The minimum Gasteiger partial charge on any atom is -0.351 e. The summed E-state index contributed by atoms with van der Waals surface area (Å²) in [5.74, 6) is 2.80. The van der Waals surface area contributed by atoms with Crippen molar-refractivity contribution in [2.24, 2.45) is 23.5 Å². The Bertz CT molecular complexity index is 317. The van der Waals surface area contributed by atoms with Gasteiger partial charge in [0.2, 0.25) is 5.91 Å². The first kappa shape index (κ1) is 15.8. The molecule has 0 radical (unpaired) electrons. The number of hydrogen-bond acceptors (Lipinski definition) is 3. The standard InChI is InChI=1S/C16H31N3O/c1-16(2,3)19-15(20)8-13(9-17)18-10-14(11-4-5-11)12-6-7-12/h11-14,18H,4-10,17H2,1-3H3,(H,19,20). The fourth-order valence-electron chi connectivity index (χ4n) is 3.00. The van der Waals surface area contributed by atoms with Crippen molar-refractivity contribution < 1.29 is 4.79 Å². The highest BCUT2D eigenvalue weighted by Gasteiger charge is 2.41. The summed E-state index contributed by atoms with van der Waals surface area (Å²) >= 11 is 0. The second-order valence-electron chi connectivity index (χ2n) is 7.68. The third kappa shape index (κ3) is 5.41. The molecule has 20 heavy (non-hydrogen) atoms. The van der Waals surface area contributed by atoms with E-state index in [9.17, 15) is 4.79 Å². The first-order valence-electron chi connectivity index (χ1n) is 8.13. The van der Waals surface area contributed by atoms with Gasteiger partial charge in [-0.2, -0.15) is 0 Å². The zero-order chi connectivity index (χ0) is 14.8. The maximum absolute atomic E-state index is 12.0. The molecule has 1 unspecified atom stereocenters. The topological polar surface area (TPSA) is 67.2 Å². The molecule has 4 N–H and O–H groups in total. The fourth-order valence-corrected chi connectivity index (χ4v) is 3.00. The van der Waals surface area contributed by atoms with E-state index in [0.29, 0.717) is 13.0 Å². The molecule has 4 nitrogen and oxygen atoms in total. The van der Waals surface area contributed by atoms with E-state index in [-0.39, 0.29) is 17.5 Å². The molecule has 1 atom stereocenters. The lowest BCUT2D eigenvalue weighted by Crippen LogP contribution is -2.47. The molecule has 2 rings (SSSR count). The van der Waals surface area contributed by atoms with Crippen LogP contribution in [0.5, 0.6) is 0 Å². The highest BCUT2D eigenvalue weighted by Crippen LogP contribution is 2.48. The lowest BCUT2D eigenvalue weighted by molar-refractivity contribution is -0.122. The largest absolute Gasteiger partial charge is 0.351 e. The van der Waals surface area contributed by atoms with Gasteiger partial charge in [0.1, 0.15) is 0 Å². The van der Waals surface area contributed by atoms with E-state index in [0.717, 1.165) is 24.3 Å². The van der Waals surface area contributed by atoms with Crippen LogP contribution in [-0.4, -0.2) is 30.6 Å². The molecule has 2 fully saturated rings. The number of nitrogens with two attached hydrogens (primary N) is 1. The van der Waals surface area contributed by atoms with Crippen molar-refractivity contribution in [3.63, 3.8) is 0 Å². The van der Waals surface area contributed by atoms with E-state index in [4.69, 9.17) is 5.73 Å². The van der Waals surface area contributed by atoms with Gasteiger partial charge in [-0.05, 0) is 70.8 Å². The van der Waals surface area contributed by atoms with E-state index in [2.05, 4.69) is 10.6 Å². The summed E-state index contributed by atoms with van der Waals surface area (Å²) in [5, 5.41) is 6.55. The maximum Gasteiger partial charge on any atom is 0.222 e. The Balaban J connectivity index is 1.72. The van der Waals surface area contributed by atoms with Gasteiger partial charge in [0.05, 0.1) is 0 Å². The minimum atomic E-state index is -0.166. The van der Waals surface area contributed by atoms with Crippen LogP contribution in [0.2, 0.25) is 0 Å². The predicted octanol–water partition coefficient (Wildman–Crippen LogP) is 1.64. The van der Waals surface area contributed by atoms with Crippen molar-refractivity contribution in [3.8, 4) is 0 Å². The third-order valence-corrected chi connectivity index (χ3v) is 4.33. The van der Waals surface area contributed by atoms with Crippen molar-refractivity contribution in [1.29, 1.82) is 0 Å². The van der Waals surface area contributed by atoms with Crippen LogP contribution in [0.1, 0.15) is 52.9 Å². The number of hydrogen-bond donors (Lipinski definition) is 3. The summed E-state index contributed by atoms with van der Waals surface area (Å²) in [7, 11) is 0. The SMILES string of the molecule is CC(C)(C)NC(=O)CC(CN)NCC(C1CC1)C1CC1. The lowest BCUT2D eigenvalue weighted by atomic mass is 9.97. The van der Waals surface area contributed by atoms with Gasteiger partial charge in [0, 0.05) is 24.5 Å². The average Bonchev–Trinajstić information content (AvgIpc) is 3.18. The normalized spacial score (nSPS) is 21.1. The molecule has 4 heteroatoms. The van der Waals surface area contributed by atoms with Crippen molar-refractivity contribution in [3.05, 3.63) is 0 Å². The summed E-state index contributed by atoms with van der Waals surface area (Å²) in [4.78, 5) is 12.0.